The van der Waals surface area contributed by atoms with Gasteiger partial charge < -0.3 is 10.1 Å². The number of rotatable bonds is 5. The summed E-state index contributed by atoms with van der Waals surface area (Å²) in [6, 6.07) is 0. The molecule has 1 rings (SSSR count). The second kappa shape index (κ2) is 7.77. The lowest BCUT2D eigenvalue weighted by Gasteiger charge is -2.21. The van der Waals surface area contributed by atoms with Crippen molar-refractivity contribution >= 4 is 17.7 Å². The Balaban J connectivity index is 2.09. The molecule has 1 N–H and O–H groups in total. The first-order chi connectivity index (χ1) is 7.72. The molecule has 0 aromatic heterocycles. The van der Waals surface area contributed by atoms with Crippen molar-refractivity contribution in [2.45, 2.75) is 57.4 Å². The number of carbonyl (C=O) groups excluding carboxylic acids is 1. The normalized spacial score (nSPS) is 19.1. The van der Waals surface area contributed by atoms with Gasteiger partial charge in [-0.2, -0.15) is 0 Å². The van der Waals surface area contributed by atoms with Crippen molar-refractivity contribution < 1.29 is 9.53 Å². The molecule has 1 aliphatic carbocycles. The minimum Gasteiger partial charge on any atom is -0.430 e. The molecular formula is C12H22ClNO2. The first kappa shape index (κ1) is 13.6. The summed E-state index contributed by atoms with van der Waals surface area (Å²) in [5.74, 6) is 0.626. The molecule has 1 atom stereocenters. The van der Waals surface area contributed by atoms with E-state index in [1.54, 1.807) is 0 Å². The van der Waals surface area contributed by atoms with Crippen molar-refractivity contribution in [3.8, 4) is 0 Å². The molecule has 1 unspecified atom stereocenters. The molecule has 0 radical (unpaired) electrons. The van der Waals surface area contributed by atoms with Crippen LogP contribution in [0.1, 0.15) is 51.9 Å². The van der Waals surface area contributed by atoms with Crippen LogP contribution in [0.5, 0.6) is 0 Å². The molecule has 0 saturated heterocycles. The fourth-order valence-electron chi connectivity index (χ4n) is 2.06. The number of carbonyl (C=O) groups is 1. The Labute approximate surface area is 103 Å². The van der Waals surface area contributed by atoms with Gasteiger partial charge in [-0.1, -0.05) is 44.2 Å². The molecule has 0 bridgehead atoms. The second-order valence-corrected chi connectivity index (χ2v) is 4.98. The maximum absolute atomic E-state index is 11.4. The van der Waals surface area contributed by atoms with Crippen LogP contribution in [-0.4, -0.2) is 18.2 Å². The maximum Gasteiger partial charge on any atom is 0.408 e. The van der Waals surface area contributed by atoms with Gasteiger partial charge in [0, 0.05) is 6.54 Å². The molecule has 1 aliphatic rings. The van der Waals surface area contributed by atoms with E-state index >= 15 is 0 Å². The molecular weight excluding hydrogens is 226 g/mol. The minimum atomic E-state index is -0.489. The van der Waals surface area contributed by atoms with Gasteiger partial charge in [0.15, 0.2) is 5.56 Å². The summed E-state index contributed by atoms with van der Waals surface area (Å²) in [5, 5.41) is 2.80. The molecule has 0 aromatic carbocycles. The third kappa shape index (κ3) is 5.59. The van der Waals surface area contributed by atoms with Crippen molar-refractivity contribution in [1.29, 1.82) is 0 Å². The van der Waals surface area contributed by atoms with Crippen LogP contribution < -0.4 is 5.32 Å². The van der Waals surface area contributed by atoms with E-state index in [1.165, 1.54) is 32.1 Å². The first-order valence-corrected chi connectivity index (χ1v) is 6.74. The van der Waals surface area contributed by atoms with Crippen LogP contribution in [0.4, 0.5) is 4.79 Å². The van der Waals surface area contributed by atoms with E-state index in [4.69, 9.17) is 16.3 Å². The number of alkyl carbamates (subject to hydrolysis) is 1. The Morgan fingerprint density at radius 2 is 2.12 bits per heavy atom. The first-order valence-electron chi connectivity index (χ1n) is 6.31. The predicted molar refractivity (Wildman–Crippen MR) is 65.6 cm³/mol. The van der Waals surface area contributed by atoms with Gasteiger partial charge in [-0.3, -0.25) is 0 Å². The summed E-state index contributed by atoms with van der Waals surface area (Å²) in [5.41, 5.74) is -0.489. The van der Waals surface area contributed by atoms with Gasteiger partial charge >= 0.3 is 6.09 Å². The Kier molecular flexibility index (Phi) is 6.62. The van der Waals surface area contributed by atoms with Crippen LogP contribution in [0.3, 0.4) is 0 Å². The summed E-state index contributed by atoms with van der Waals surface area (Å²) in [4.78, 5) is 11.4. The van der Waals surface area contributed by atoms with Crippen molar-refractivity contribution in [2.24, 2.45) is 5.92 Å². The standard InChI is InChI=1S/C12H22ClNO2/c1-2-6-11(13)16-12(15)14-9-10-7-4-3-5-8-10/h10-11H,2-9H2,1H3,(H,14,15). The molecule has 1 saturated carbocycles. The van der Waals surface area contributed by atoms with Crippen LogP contribution in [-0.2, 0) is 4.74 Å². The second-order valence-electron chi connectivity index (χ2n) is 4.49. The van der Waals surface area contributed by atoms with E-state index < -0.39 is 5.56 Å². The highest BCUT2D eigenvalue weighted by atomic mass is 35.5. The van der Waals surface area contributed by atoms with Gasteiger partial charge in [-0.15, -0.1) is 0 Å². The molecule has 4 heteroatoms. The third-order valence-electron chi connectivity index (χ3n) is 3.01. The summed E-state index contributed by atoms with van der Waals surface area (Å²) in [6.45, 7) is 2.74. The van der Waals surface area contributed by atoms with E-state index in [2.05, 4.69) is 5.32 Å². The van der Waals surface area contributed by atoms with Crippen molar-refractivity contribution in [3.63, 3.8) is 0 Å². The zero-order valence-electron chi connectivity index (χ0n) is 10.0. The number of halogens is 1. The summed E-state index contributed by atoms with van der Waals surface area (Å²) < 4.78 is 5.00. The highest BCUT2D eigenvalue weighted by Gasteiger charge is 2.15. The quantitative estimate of drug-likeness (QED) is 0.753. The fraction of sp³-hybridized carbons (Fsp3) is 0.917. The Morgan fingerprint density at radius 3 is 2.75 bits per heavy atom. The fourth-order valence-corrected chi connectivity index (χ4v) is 2.36. The number of hydrogen-bond acceptors (Lipinski definition) is 2. The van der Waals surface area contributed by atoms with E-state index in [0.717, 1.165) is 13.0 Å². The highest BCUT2D eigenvalue weighted by molar-refractivity contribution is 6.20. The molecule has 1 fully saturated rings. The van der Waals surface area contributed by atoms with E-state index in [0.29, 0.717) is 12.3 Å². The summed E-state index contributed by atoms with van der Waals surface area (Å²) in [7, 11) is 0. The minimum absolute atomic E-state index is 0.376. The number of ether oxygens (including phenoxy) is 1. The number of amides is 1. The smallest absolute Gasteiger partial charge is 0.408 e. The maximum atomic E-state index is 11.4. The molecule has 3 nitrogen and oxygen atoms in total. The molecule has 1 amide bonds. The van der Waals surface area contributed by atoms with Crippen LogP contribution >= 0.6 is 11.6 Å². The third-order valence-corrected chi connectivity index (χ3v) is 3.32. The Morgan fingerprint density at radius 1 is 1.44 bits per heavy atom. The lowest BCUT2D eigenvalue weighted by molar-refractivity contribution is 0.126. The average molecular weight is 248 g/mol. The molecule has 0 heterocycles. The monoisotopic (exact) mass is 247 g/mol. The zero-order valence-corrected chi connectivity index (χ0v) is 10.8. The van der Waals surface area contributed by atoms with Gasteiger partial charge in [0.1, 0.15) is 0 Å². The largest absolute Gasteiger partial charge is 0.430 e. The van der Waals surface area contributed by atoms with Crippen molar-refractivity contribution in [3.05, 3.63) is 0 Å². The predicted octanol–water partition coefficient (Wildman–Crippen LogP) is 3.66. The van der Waals surface area contributed by atoms with Gasteiger partial charge in [0.2, 0.25) is 0 Å². The molecule has 0 aromatic rings. The van der Waals surface area contributed by atoms with Gasteiger partial charge in [0.05, 0.1) is 0 Å². The number of hydrogen-bond donors (Lipinski definition) is 1. The average Bonchev–Trinajstić information content (AvgIpc) is 2.28. The lowest BCUT2D eigenvalue weighted by Crippen LogP contribution is -2.32. The van der Waals surface area contributed by atoms with Crippen LogP contribution in [0.2, 0.25) is 0 Å². The van der Waals surface area contributed by atoms with Gasteiger partial charge in [-0.25, -0.2) is 4.79 Å². The number of nitrogens with one attached hydrogen (secondary N) is 1. The molecule has 94 valence electrons. The highest BCUT2D eigenvalue weighted by Crippen LogP contribution is 2.22. The summed E-state index contributed by atoms with van der Waals surface area (Å²) >= 11 is 5.81. The topological polar surface area (TPSA) is 38.3 Å². The van der Waals surface area contributed by atoms with E-state index in [9.17, 15) is 4.79 Å². The summed E-state index contributed by atoms with van der Waals surface area (Å²) in [6.07, 6.45) is 7.60. The van der Waals surface area contributed by atoms with Crippen molar-refractivity contribution in [1.82, 2.24) is 5.32 Å². The zero-order chi connectivity index (χ0) is 11.8. The number of alkyl halides is 1. The Hall–Kier alpha value is -0.440. The van der Waals surface area contributed by atoms with E-state index in [-0.39, 0.29) is 6.09 Å². The van der Waals surface area contributed by atoms with Gasteiger partial charge in [0.25, 0.3) is 0 Å². The van der Waals surface area contributed by atoms with Crippen LogP contribution in [0.15, 0.2) is 0 Å². The molecule has 0 aliphatic heterocycles. The van der Waals surface area contributed by atoms with Crippen LogP contribution in [0.25, 0.3) is 0 Å². The van der Waals surface area contributed by atoms with Crippen molar-refractivity contribution in [2.75, 3.05) is 6.54 Å². The SMILES string of the molecule is CCCC(Cl)OC(=O)NCC1CCCCC1. The van der Waals surface area contributed by atoms with Gasteiger partial charge in [-0.05, 0) is 25.2 Å². The Bertz CT molecular complexity index is 205. The van der Waals surface area contributed by atoms with E-state index in [1.807, 2.05) is 6.92 Å². The lowest BCUT2D eigenvalue weighted by atomic mass is 9.89. The van der Waals surface area contributed by atoms with Crippen LogP contribution in [0, 0.1) is 5.92 Å². The molecule has 0 spiro atoms. The molecule has 16 heavy (non-hydrogen) atoms.